The van der Waals surface area contributed by atoms with Gasteiger partial charge in [0.2, 0.25) is 5.91 Å². The molecule has 0 aromatic carbocycles. The Bertz CT molecular complexity index is 397. The number of halogens is 2. The molecule has 1 aliphatic rings. The second kappa shape index (κ2) is 23.0. The van der Waals surface area contributed by atoms with Gasteiger partial charge in [-0.2, -0.15) is 0 Å². The number of hydrogen-bond donors (Lipinski definition) is 2. The summed E-state index contributed by atoms with van der Waals surface area (Å²) in [6.45, 7) is 0. The van der Waals surface area contributed by atoms with Gasteiger partial charge in [0.25, 0.3) is 11.8 Å². The molecular weight excluding hydrogens is 361 g/mol. The smallest absolute Gasteiger partial charge is 0.347 e. The number of hydroxylamine groups is 2. The number of nitrogens with one attached hydrogen (secondary N) is 1. The van der Waals surface area contributed by atoms with Gasteiger partial charge >= 0.3 is 5.97 Å². The summed E-state index contributed by atoms with van der Waals surface area (Å²) in [5.74, 6) is -2.28. The average molecular weight is 382 g/mol. The molecule has 24 heavy (non-hydrogen) atoms. The summed E-state index contributed by atoms with van der Waals surface area (Å²) in [6.07, 6.45) is 16.2. The molecule has 0 unspecified atom stereocenters. The highest BCUT2D eigenvalue weighted by atomic mass is 35.5. The Kier molecular flexibility index (Phi) is 28.5. The van der Waals surface area contributed by atoms with Crippen LogP contribution in [0.3, 0.4) is 0 Å². The van der Waals surface area contributed by atoms with Crippen LogP contribution in [0.2, 0.25) is 0 Å². The van der Waals surface area contributed by atoms with Crippen molar-refractivity contribution in [2.24, 2.45) is 5.73 Å². The maximum absolute atomic E-state index is 10.8. The van der Waals surface area contributed by atoms with Crippen molar-refractivity contribution < 1.29 is 24.0 Å². The van der Waals surface area contributed by atoms with Gasteiger partial charge in [0.05, 0.1) is 0 Å². The van der Waals surface area contributed by atoms with E-state index in [0.717, 1.165) is 0 Å². The van der Waals surface area contributed by atoms with Crippen molar-refractivity contribution >= 4 is 46.9 Å². The molecule has 1 aliphatic heterocycles. The highest BCUT2D eigenvalue weighted by molar-refractivity contribution is 6.27. The summed E-state index contributed by atoms with van der Waals surface area (Å²) in [5, 5.41) is 2.81. The van der Waals surface area contributed by atoms with Crippen LogP contribution in [-0.4, -0.2) is 54.6 Å². The number of amides is 3. The van der Waals surface area contributed by atoms with E-state index in [1.165, 1.54) is 7.05 Å². The Morgan fingerprint density at radius 3 is 1.67 bits per heavy atom. The normalized spacial score (nSPS) is 10.8. The maximum Gasteiger partial charge on any atom is 0.347 e. The molecule has 3 amide bonds. The van der Waals surface area contributed by atoms with E-state index >= 15 is 0 Å². The second-order valence-corrected chi connectivity index (χ2v) is 3.52. The van der Waals surface area contributed by atoms with E-state index < -0.39 is 17.8 Å². The lowest BCUT2D eigenvalue weighted by Crippen LogP contribution is -2.32. The zero-order valence-electron chi connectivity index (χ0n) is 13.5. The minimum atomic E-state index is -0.805. The molecule has 8 nitrogen and oxygen atoms in total. The summed E-state index contributed by atoms with van der Waals surface area (Å²) in [5.41, 5.74) is 4.50. The number of terminal acetylenes is 2. The van der Waals surface area contributed by atoms with E-state index in [-0.39, 0.29) is 30.5 Å². The number of nitrogens with zero attached hydrogens (tertiary/aromatic N) is 1. The fourth-order valence-electron chi connectivity index (χ4n) is 0.851. The fourth-order valence-corrected chi connectivity index (χ4v) is 1.03. The zero-order valence-corrected chi connectivity index (χ0v) is 15.0. The Hall–Kier alpha value is -2.26. The third-order valence-corrected chi connectivity index (χ3v) is 2.17. The molecule has 1 saturated heterocycles. The lowest BCUT2D eigenvalue weighted by Gasteiger charge is -2.10. The first-order valence-corrected chi connectivity index (χ1v) is 7.16. The van der Waals surface area contributed by atoms with Gasteiger partial charge in [-0.3, -0.25) is 14.4 Å². The van der Waals surface area contributed by atoms with Crippen LogP contribution in [0.4, 0.5) is 0 Å². The second-order valence-electron chi connectivity index (χ2n) is 2.99. The van der Waals surface area contributed by atoms with Crippen molar-refractivity contribution in [1.29, 1.82) is 0 Å². The van der Waals surface area contributed by atoms with Crippen molar-refractivity contribution in [3.63, 3.8) is 0 Å². The fraction of sp³-hybridized carbons (Fsp3) is 0.429. The number of carbonyl (C=O) groups is 4. The molecule has 10 heteroatoms. The first-order chi connectivity index (χ1) is 11.5. The van der Waals surface area contributed by atoms with Gasteiger partial charge in [-0.1, -0.05) is 0 Å². The Balaban J connectivity index is -0.000000141. The van der Waals surface area contributed by atoms with E-state index in [4.69, 9.17) is 23.2 Å². The monoisotopic (exact) mass is 381 g/mol. The van der Waals surface area contributed by atoms with Gasteiger partial charge in [0.1, 0.15) is 11.8 Å². The van der Waals surface area contributed by atoms with E-state index in [1.807, 2.05) is 0 Å². The van der Waals surface area contributed by atoms with Crippen LogP contribution in [0, 0.1) is 25.7 Å². The SMILES string of the molecule is C#C.C#C.CN.CNC(=O)CCl.O=C(CCl)ON1C(=O)CCC1=O. The van der Waals surface area contributed by atoms with Crippen molar-refractivity contribution in [3.8, 4) is 25.7 Å². The molecule has 0 atom stereocenters. The summed E-state index contributed by atoms with van der Waals surface area (Å²) >= 11 is 10.1. The van der Waals surface area contributed by atoms with Crippen LogP contribution in [0.1, 0.15) is 12.8 Å². The molecule has 136 valence electrons. The van der Waals surface area contributed by atoms with Gasteiger partial charge in [-0.25, -0.2) is 4.79 Å². The van der Waals surface area contributed by atoms with Gasteiger partial charge in [0.15, 0.2) is 0 Å². The van der Waals surface area contributed by atoms with Crippen LogP contribution in [0.25, 0.3) is 0 Å². The molecule has 1 fully saturated rings. The molecule has 0 radical (unpaired) electrons. The molecule has 3 N–H and O–H groups in total. The standard InChI is InChI=1S/C6H6ClNO4.C3H6ClNO.2C2H2.CH5N/c7-3-6(11)12-8-4(9)1-2-5(8)10;1-5-3(6)2-4;3*1-2/h1-3H2;2H2,1H3,(H,5,6);2*1-2H;2H2,1H3. The number of rotatable bonds is 3. The minimum absolute atomic E-state index is 0.0521. The van der Waals surface area contributed by atoms with Crippen LogP contribution >= 0.6 is 23.2 Å². The first-order valence-electron chi connectivity index (χ1n) is 6.09. The van der Waals surface area contributed by atoms with Crippen LogP contribution in [0.15, 0.2) is 0 Å². The van der Waals surface area contributed by atoms with Gasteiger partial charge < -0.3 is 15.9 Å². The Morgan fingerprint density at radius 1 is 1.08 bits per heavy atom. The summed E-state index contributed by atoms with van der Waals surface area (Å²) < 4.78 is 0. The molecule has 0 spiro atoms. The summed E-state index contributed by atoms with van der Waals surface area (Å²) in [4.78, 5) is 46.5. The molecule has 0 bridgehead atoms. The first kappa shape index (κ1) is 29.7. The van der Waals surface area contributed by atoms with E-state index in [1.54, 1.807) is 7.05 Å². The minimum Gasteiger partial charge on any atom is -0.358 e. The van der Waals surface area contributed by atoms with Gasteiger partial charge in [0, 0.05) is 19.9 Å². The summed E-state index contributed by atoms with van der Waals surface area (Å²) in [6, 6.07) is 0. The van der Waals surface area contributed by atoms with Gasteiger partial charge in [-0.15, -0.1) is 54.0 Å². The van der Waals surface area contributed by atoms with Crippen LogP contribution < -0.4 is 11.1 Å². The lowest BCUT2D eigenvalue weighted by atomic mass is 10.4. The zero-order chi connectivity index (χ0) is 20.1. The number of hydrogen-bond acceptors (Lipinski definition) is 6. The molecule has 1 heterocycles. The van der Waals surface area contributed by atoms with Crippen molar-refractivity contribution in [2.45, 2.75) is 12.8 Å². The number of nitrogens with two attached hydrogens (primary N) is 1. The molecule has 0 saturated carbocycles. The number of carbonyl (C=O) groups excluding carboxylic acids is 4. The number of alkyl halides is 2. The Labute approximate surface area is 151 Å². The molecule has 0 aromatic rings. The lowest BCUT2D eigenvalue weighted by molar-refractivity contribution is -0.195. The predicted molar refractivity (Wildman–Crippen MR) is 92.6 cm³/mol. The van der Waals surface area contributed by atoms with Crippen molar-refractivity contribution in [2.75, 3.05) is 25.9 Å². The highest BCUT2D eigenvalue weighted by Crippen LogP contribution is 2.11. The molecule has 0 aliphatic carbocycles. The van der Waals surface area contributed by atoms with Crippen molar-refractivity contribution in [3.05, 3.63) is 0 Å². The van der Waals surface area contributed by atoms with Crippen LogP contribution in [-0.2, 0) is 24.0 Å². The van der Waals surface area contributed by atoms with Gasteiger partial charge in [-0.05, 0) is 7.05 Å². The molecule has 0 aromatic heterocycles. The third kappa shape index (κ3) is 16.1. The quantitative estimate of drug-likeness (QED) is 0.399. The van der Waals surface area contributed by atoms with Crippen molar-refractivity contribution in [1.82, 2.24) is 10.4 Å². The largest absolute Gasteiger partial charge is 0.358 e. The topological polar surface area (TPSA) is 119 Å². The van der Waals surface area contributed by atoms with E-state index in [2.05, 4.69) is 41.6 Å². The predicted octanol–water partition coefficient (Wildman–Crippen LogP) is -0.123. The number of imide groups is 1. The molecular formula is C14H21Cl2N3O5. The average Bonchev–Trinajstić information content (AvgIpc) is 2.98. The Morgan fingerprint density at radius 2 is 1.46 bits per heavy atom. The third-order valence-electron chi connectivity index (χ3n) is 1.71. The van der Waals surface area contributed by atoms with Crippen LogP contribution in [0.5, 0.6) is 0 Å². The summed E-state index contributed by atoms with van der Waals surface area (Å²) in [7, 11) is 3.05. The highest BCUT2D eigenvalue weighted by Gasteiger charge is 2.32. The maximum atomic E-state index is 10.8. The van der Waals surface area contributed by atoms with E-state index in [9.17, 15) is 19.2 Å². The molecule has 1 rings (SSSR count). The van der Waals surface area contributed by atoms with E-state index in [0.29, 0.717) is 5.06 Å².